The zero-order valence-corrected chi connectivity index (χ0v) is 11.4. The molecule has 2 heterocycles. The number of rotatable bonds is 4. The van der Waals surface area contributed by atoms with Crippen LogP contribution in [0.5, 0.6) is 0 Å². The molecule has 0 unspecified atom stereocenters. The number of aromatic nitrogens is 2. The highest BCUT2D eigenvalue weighted by Gasteiger charge is 2.27. The van der Waals surface area contributed by atoms with E-state index in [-0.39, 0.29) is 5.54 Å². The number of nitrogens with zero attached hydrogens (tertiary/aromatic N) is 1. The summed E-state index contributed by atoms with van der Waals surface area (Å²) in [4.78, 5) is 9.24. The summed E-state index contributed by atoms with van der Waals surface area (Å²) in [6, 6.07) is 4.14. The number of nitrogens with two attached hydrogens (primary N) is 1. The van der Waals surface area contributed by atoms with Crippen molar-refractivity contribution in [3.8, 4) is 10.6 Å². The molecule has 0 aliphatic carbocycles. The zero-order chi connectivity index (χ0) is 12.5. The standard InChI is InChI=1S/C13H19N3S/c1-4-13(14,5-2)12-15-9(3)11(16-12)10-7-6-8-17-10/h6-8H,4-5,14H2,1-3H3,(H,15,16). The Morgan fingerprint density at radius 3 is 2.65 bits per heavy atom. The van der Waals surface area contributed by atoms with Gasteiger partial charge in [0.2, 0.25) is 0 Å². The molecule has 0 bridgehead atoms. The third kappa shape index (κ3) is 2.15. The number of hydrogen-bond donors (Lipinski definition) is 2. The molecule has 0 saturated carbocycles. The second-order valence-electron chi connectivity index (χ2n) is 4.40. The van der Waals surface area contributed by atoms with Crippen molar-refractivity contribution in [2.75, 3.05) is 0 Å². The van der Waals surface area contributed by atoms with E-state index in [2.05, 4.69) is 37.2 Å². The number of hydrogen-bond acceptors (Lipinski definition) is 3. The quantitative estimate of drug-likeness (QED) is 0.872. The fourth-order valence-electron chi connectivity index (χ4n) is 1.93. The fraction of sp³-hybridized carbons (Fsp3) is 0.462. The van der Waals surface area contributed by atoms with E-state index in [1.807, 2.05) is 6.07 Å². The molecule has 0 aromatic carbocycles. The lowest BCUT2D eigenvalue weighted by atomic mass is 9.93. The second-order valence-corrected chi connectivity index (χ2v) is 5.35. The van der Waals surface area contributed by atoms with Gasteiger partial charge >= 0.3 is 0 Å². The molecule has 2 aromatic rings. The first-order chi connectivity index (χ1) is 8.10. The van der Waals surface area contributed by atoms with E-state index in [0.29, 0.717) is 0 Å². The van der Waals surface area contributed by atoms with Gasteiger partial charge in [-0.1, -0.05) is 19.9 Å². The smallest absolute Gasteiger partial charge is 0.127 e. The molecule has 0 saturated heterocycles. The van der Waals surface area contributed by atoms with Gasteiger partial charge in [0.05, 0.1) is 10.4 Å². The predicted octanol–water partition coefficient (Wildman–Crippen LogP) is 3.42. The third-order valence-electron chi connectivity index (χ3n) is 3.37. The van der Waals surface area contributed by atoms with Gasteiger partial charge in [-0.2, -0.15) is 0 Å². The van der Waals surface area contributed by atoms with Gasteiger partial charge in [0.25, 0.3) is 0 Å². The molecule has 2 aromatic heterocycles. The molecule has 17 heavy (non-hydrogen) atoms. The molecule has 92 valence electrons. The molecule has 3 N–H and O–H groups in total. The summed E-state index contributed by atoms with van der Waals surface area (Å²) < 4.78 is 0. The van der Waals surface area contributed by atoms with Crippen LogP contribution in [0.1, 0.15) is 38.2 Å². The van der Waals surface area contributed by atoms with Crippen LogP contribution in [0, 0.1) is 6.92 Å². The maximum absolute atomic E-state index is 6.36. The van der Waals surface area contributed by atoms with E-state index in [1.165, 1.54) is 4.88 Å². The molecule has 0 atom stereocenters. The van der Waals surface area contributed by atoms with Crippen LogP contribution in [0.3, 0.4) is 0 Å². The maximum Gasteiger partial charge on any atom is 0.127 e. The van der Waals surface area contributed by atoms with E-state index in [0.717, 1.165) is 30.1 Å². The zero-order valence-electron chi connectivity index (χ0n) is 10.6. The Balaban J connectivity index is 2.44. The van der Waals surface area contributed by atoms with Crippen LogP contribution in [0.2, 0.25) is 0 Å². The topological polar surface area (TPSA) is 54.7 Å². The Labute approximate surface area is 106 Å². The Bertz CT molecular complexity index is 481. The Morgan fingerprint density at radius 1 is 1.41 bits per heavy atom. The van der Waals surface area contributed by atoms with E-state index in [4.69, 9.17) is 10.7 Å². The van der Waals surface area contributed by atoms with E-state index in [1.54, 1.807) is 11.3 Å². The lowest BCUT2D eigenvalue weighted by Crippen LogP contribution is -2.36. The van der Waals surface area contributed by atoms with Gasteiger partial charge in [-0.25, -0.2) is 4.98 Å². The van der Waals surface area contributed by atoms with Crippen LogP contribution in [0.4, 0.5) is 0 Å². The summed E-state index contributed by atoms with van der Waals surface area (Å²) in [7, 11) is 0. The van der Waals surface area contributed by atoms with Crippen molar-refractivity contribution < 1.29 is 0 Å². The van der Waals surface area contributed by atoms with Gasteiger partial charge in [0.15, 0.2) is 0 Å². The number of H-pyrrole nitrogens is 1. The van der Waals surface area contributed by atoms with Crippen molar-refractivity contribution >= 4 is 11.3 Å². The van der Waals surface area contributed by atoms with Crippen LogP contribution in [0.15, 0.2) is 17.5 Å². The minimum atomic E-state index is -0.333. The summed E-state index contributed by atoms with van der Waals surface area (Å²) in [6.07, 6.45) is 1.78. The second kappa shape index (κ2) is 4.63. The number of aryl methyl sites for hydroxylation is 1. The number of nitrogens with one attached hydrogen (secondary N) is 1. The number of thiophene rings is 1. The van der Waals surface area contributed by atoms with E-state index < -0.39 is 0 Å². The fourth-order valence-corrected chi connectivity index (χ4v) is 2.71. The van der Waals surface area contributed by atoms with Crippen LogP contribution >= 0.6 is 11.3 Å². The first-order valence-electron chi connectivity index (χ1n) is 6.00. The van der Waals surface area contributed by atoms with Gasteiger partial charge in [0, 0.05) is 5.69 Å². The third-order valence-corrected chi connectivity index (χ3v) is 4.25. The molecule has 0 aliphatic rings. The molecule has 3 nitrogen and oxygen atoms in total. The van der Waals surface area contributed by atoms with Crippen LogP contribution in [0.25, 0.3) is 10.6 Å². The van der Waals surface area contributed by atoms with Gasteiger partial charge in [-0.05, 0) is 31.2 Å². The van der Waals surface area contributed by atoms with Crippen molar-refractivity contribution in [2.45, 2.75) is 39.2 Å². The summed E-state index contributed by atoms with van der Waals surface area (Å²) in [5, 5.41) is 2.07. The van der Waals surface area contributed by atoms with Gasteiger partial charge < -0.3 is 10.7 Å². The minimum absolute atomic E-state index is 0.333. The van der Waals surface area contributed by atoms with Crippen molar-refractivity contribution in [3.63, 3.8) is 0 Å². The van der Waals surface area contributed by atoms with Crippen LogP contribution < -0.4 is 5.73 Å². The van der Waals surface area contributed by atoms with E-state index in [9.17, 15) is 0 Å². The Hall–Kier alpha value is -1.13. The normalized spacial score (nSPS) is 12.0. The lowest BCUT2D eigenvalue weighted by Gasteiger charge is -2.23. The highest BCUT2D eigenvalue weighted by Crippen LogP contribution is 2.30. The molecular formula is C13H19N3S. The SMILES string of the molecule is CCC(N)(CC)c1nc(-c2cccs2)c(C)[nH]1. The van der Waals surface area contributed by atoms with Gasteiger partial charge in [-0.3, -0.25) is 0 Å². The Kier molecular flexibility index (Phi) is 3.35. The van der Waals surface area contributed by atoms with E-state index >= 15 is 0 Å². The van der Waals surface area contributed by atoms with Crippen molar-refractivity contribution in [2.24, 2.45) is 5.73 Å². The summed E-state index contributed by atoms with van der Waals surface area (Å²) in [6.45, 7) is 6.26. The molecule has 0 radical (unpaired) electrons. The van der Waals surface area contributed by atoms with Gasteiger partial charge in [-0.15, -0.1) is 11.3 Å². The molecule has 0 aliphatic heterocycles. The monoisotopic (exact) mass is 249 g/mol. The first kappa shape index (κ1) is 12.3. The summed E-state index contributed by atoms with van der Waals surface area (Å²) in [5.41, 5.74) is 8.16. The summed E-state index contributed by atoms with van der Waals surface area (Å²) >= 11 is 1.71. The molecular weight excluding hydrogens is 230 g/mol. The van der Waals surface area contributed by atoms with Gasteiger partial charge in [0.1, 0.15) is 11.5 Å². The largest absolute Gasteiger partial charge is 0.344 e. The maximum atomic E-state index is 6.36. The van der Waals surface area contributed by atoms with Crippen LogP contribution in [-0.4, -0.2) is 9.97 Å². The molecule has 0 spiro atoms. The predicted molar refractivity (Wildman–Crippen MR) is 73.1 cm³/mol. The summed E-state index contributed by atoms with van der Waals surface area (Å²) in [5.74, 6) is 0.906. The van der Waals surface area contributed by atoms with Crippen molar-refractivity contribution in [3.05, 3.63) is 29.0 Å². The first-order valence-corrected chi connectivity index (χ1v) is 6.88. The molecule has 4 heteroatoms. The van der Waals surface area contributed by atoms with Crippen LogP contribution in [-0.2, 0) is 5.54 Å². The van der Waals surface area contributed by atoms with Crippen molar-refractivity contribution in [1.29, 1.82) is 0 Å². The molecule has 0 amide bonds. The molecule has 0 fully saturated rings. The average Bonchev–Trinajstić information content (AvgIpc) is 2.96. The van der Waals surface area contributed by atoms with Crippen molar-refractivity contribution in [1.82, 2.24) is 9.97 Å². The number of imidazole rings is 1. The lowest BCUT2D eigenvalue weighted by molar-refractivity contribution is 0.390. The Morgan fingerprint density at radius 2 is 2.12 bits per heavy atom. The number of aromatic amines is 1. The highest BCUT2D eigenvalue weighted by molar-refractivity contribution is 7.13. The highest BCUT2D eigenvalue weighted by atomic mass is 32.1. The average molecular weight is 249 g/mol. The minimum Gasteiger partial charge on any atom is -0.344 e. The molecule has 2 rings (SSSR count).